The fourth-order valence-electron chi connectivity index (χ4n) is 1.97. The first-order valence-corrected chi connectivity index (χ1v) is 5.93. The Morgan fingerprint density at radius 1 is 1.28 bits per heavy atom. The zero-order valence-electron chi connectivity index (χ0n) is 10.8. The van der Waals surface area contributed by atoms with Crippen molar-refractivity contribution < 1.29 is 9.50 Å². The van der Waals surface area contributed by atoms with Crippen LogP contribution in [0.4, 0.5) is 4.39 Å². The van der Waals surface area contributed by atoms with Crippen LogP contribution in [0.3, 0.4) is 0 Å². The number of hydrogen-bond donors (Lipinski definition) is 1. The predicted molar refractivity (Wildman–Crippen MR) is 67.8 cm³/mol. The highest BCUT2D eigenvalue weighted by Crippen LogP contribution is 2.20. The van der Waals surface area contributed by atoms with Crippen LogP contribution in [0, 0.1) is 26.6 Å². The topological polar surface area (TPSA) is 38.0 Å². The summed E-state index contributed by atoms with van der Waals surface area (Å²) in [5, 5.41) is 14.4. The number of aliphatic hydroxyl groups is 1. The van der Waals surface area contributed by atoms with Gasteiger partial charge in [0.05, 0.1) is 12.2 Å². The van der Waals surface area contributed by atoms with E-state index in [4.69, 9.17) is 0 Å². The summed E-state index contributed by atoms with van der Waals surface area (Å²) in [7, 11) is 0. The molecule has 0 aliphatic heterocycles. The van der Waals surface area contributed by atoms with Crippen molar-refractivity contribution in [2.75, 3.05) is 0 Å². The third-order valence-corrected chi connectivity index (χ3v) is 3.35. The van der Waals surface area contributed by atoms with Gasteiger partial charge in [-0.2, -0.15) is 5.10 Å². The van der Waals surface area contributed by atoms with Crippen molar-refractivity contribution in [1.82, 2.24) is 9.78 Å². The standard InChI is InChI=1S/C14H17FN2O/c1-9-10(2)16-17(11(9)3)8-14(18)12-6-4-5-7-13(12)15/h4-7,14,18H,8H2,1-3H3/t14-/m1/s1. The van der Waals surface area contributed by atoms with Crippen molar-refractivity contribution in [2.24, 2.45) is 0 Å². The number of aromatic nitrogens is 2. The van der Waals surface area contributed by atoms with Gasteiger partial charge in [-0.3, -0.25) is 4.68 Å². The number of benzene rings is 1. The average molecular weight is 248 g/mol. The third kappa shape index (κ3) is 2.29. The van der Waals surface area contributed by atoms with E-state index in [9.17, 15) is 9.50 Å². The zero-order chi connectivity index (χ0) is 13.3. The minimum absolute atomic E-state index is 0.265. The maximum absolute atomic E-state index is 13.5. The average Bonchev–Trinajstić information content (AvgIpc) is 2.57. The van der Waals surface area contributed by atoms with Crippen molar-refractivity contribution in [1.29, 1.82) is 0 Å². The van der Waals surface area contributed by atoms with Crippen molar-refractivity contribution in [3.63, 3.8) is 0 Å². The second kappa shape index (κ2) is 4.90. The largest absolute Gasteiger partial charge is 0.386 e. The molecule has 2 aromatic rings. The molecule has 0 aliphatic rings. The molecular formula is C14H17FN2O. The quantitative estimate of drug-likeness (QED) is 0.906. The molecule has 0 amide bonds. The summed E-state index contributed by atoms with van der Waals surface area (Å²) >= 11 is 0. The molecule has 18 heavy (non-hydrogen) atoms. The van der Waals surface area contributed by atoms with Gasteiger partial charge in [-0.1, -0.05) is 18.2 Å². The Hall–Kier alpha value is -1.68. The Bertz CT molecular complexity index is 563. The molecule has 0 aliphatic carbocycles. The molecule has 1 heterocycles. The van der Waals surface area contributed by atoms with E-state index in [2.05, 4.69) is 5.10 Å². The fraction of sp³-hybridized carbons (Fsp3) is 0.357. The molecule has 3 nitrogen and oxygen atoms in total. The Kier molecular flexibility index (Phi) is 3.48. The molecule has 0 fully saturated rings. The summed E-state index contributed by atoms with van der Waals surface area (Å²) < 4.78 is 15.3. The zero-order valence-corrected chi connectivity index (χ0v) is 10.8. The highest BCUT2D eigenvalue weighted by atomic mass is 19.1. The SMILES string of the molecule is Cc1nn(C[C@@H](O)c2ccccc2F)c(C)c1C. The maximum atomic E-state index is 13.5. The van der Waals surface area contributed by atoms with Crippen LogP contribution in [0.5, 0.6) is 0 Å². The molecule has 0 spiro atoms. The molecule has 0 bridgehead atoms. The van der Waals surface area contributed by atoms with Crippen LogP contribution in [0.25, 0.3) is 0 Å². The second-order valence-corrected chi connectivity index (χ2v) is 4.52. The Morgan fingerprint density at radius 2 is 1.94 bits per heavy atom. The summed E-state index contributed by atoms with van der Waals surface area (Å²) in [5.74, 6) is -0.386. The maximum Gasteiger partial charge on any atom is 0.129 e. The van der Waals surface area contributed by atoms with Gasteiger partial charge < -0.3 is 5.11 Å². The summed E-state index contributed by atoms with van der Waals surface area (Å²) in [5.41, 5.74) is 3.36. The summed E-state index contributed by atoms with van der Waals surface area (Å²) in [6.07, 6.45) is -0.886. The van der Waals surface area contributed by atoms with E-state index in [0.29, 0.717) is 5.56 Å². The third-order valence-electron chi connectivity index (χ3n) is 3.35. The summed E-state index contributed by atoms with van der Waals surface area (Å²) in [6, 6.07) is 6.27. The number of aryl methyl sites for hydroxylation is 1. The van der Waals surface area contributed by atoms with Crippen LogP contribution in [0.15, 0.2) is 24.3 Å². The van der Waals surface area contributed by atoms with Gasteiger partial charge in [0, 0.05) is 11.3 Å². The fourth-order valence-corrected chi connectivity index (χ4v) is 1.97. The van der Waals surface area contributed by atoms with E-state index in [1.165, 1.54) is 6.07 Å². The van der Waals surface area contributed by atoms with E-state index < -0.39 is 6.10 Å². The first kappa shape index (κ1) is 12.8. The minimum atomic E-state index is -0.886. The van der Waals surface area contributed by atoms with Crippen LogP contribution in [0.2, 0.25) is 0 Å². The molecule has 1 aromatic heterocycles. The number of rotatable bonds is 3. The summed E-state index contributed by atoms with van der Waals surface area (Å²) in [6.45, 7) is 6.13. The smallest absolute Gasteiger partial charge is 0.129 e. The molecule has 1 atom stereocenters. The molecule has 1 aromatic carbocycles. The van der Waals surface area contributed by atoms with Gasteiger partial charge in [0.1, 0.15) is 11.9 Å². The van der Waals surface area contributed by atoms with Crippen molar-refractivity contribution in [3.05, 3.63) is 52.6 Å². The molecule has 2 rings (SSSR count). The lowest BCUT2D eigenvalue weighted by Gasteiger charge is -2.13. The lowest BCUT2D eigenvalue weighted by molar-refractivity contribution is 0.146. The molecule has 0 saturated heterocycles. The molecule has 0 radical (unpaired) electrons. The minimum Gasteiger partial charge on any atom is -0.386 e. The molecule has 96 valence electrons. The van der Waals surface area contributed by atoms with Crippen molar-refractivity contribution in [2.45, 2.75) is 33.4 Å². The van der Waals surface area contributed by atoms with Gasteiger partial charge in [-0.15, -0.1) is 0 Å². The van der Waals surface area contributed by atoms with Gasteiger partial charge in [-0.05, 0) is 32.4 Å². The molecule has 0 unspecified atom stereocenters. The predicted octanol–water partition coefficient (Wildman–Crippen LogP) is 2.68. The Labute approximate surface area is 106 Å². The lowest BCUT2D eigenvalue weighted by Crippen LogP contribution is -2.12. The molecule has 0 saturated carbocycles. The van der Waals surface area contributed by atoms with Crippen LogP contribution in [-0.4, -0.2) is 14.9 Å². The van der Waals surface area contributed by atoms with Crippen LogP contribution in [-0.2, 0) is 6.54 Å². The number of halogens is 1. The van der Waals surface area contributed by atoms with E-state index in [0.717, 1.165) is 17.0 Å². The highest BCUT2D eigenvalue weighted by molar-refractivity contribution is 5.23. The van der Waals surface area contributed by atoms with E-state index in [1.54, 1.807) is 22.9 Å². The first-order chi connectivity index (χ1) is 8.50. The first-order valence-electron chi connectivity index (χ1n) is 5.93. The molecule has 1 N–H and O–H groups in total. The van der Waals surface area contributed by atoms with Gasteiger partial charge in [0.15, 0.2) is 0 Å². The van der Waals surface area contributed by atoms with Crippen LogP contribution in [0.1, 0.15) is 28.6 Å². The Morgan fingerprint density at radius 3 is 2.50 bits per heavy atom. The van der Waals surface area contributed by atoms with Crippen LogP contribution >= 0.6 is 0 Å². The monoisotopic (exact) mass is 248 g/mol. The molecular weight excluding hydrogens is 231 g/mol. The van der Waals surface area contributed by atoms with E-state index in [1.807, 2.05) is 20.8 Å². The number of aliphatic hydroxyl groups excluding tert-OH is 1. The van der Waals surface area contributed by atoms with E-state index >= 15 is 0 Å². The summed E-state index contributed by atoms with van der Waals surface area (Å²) in [4.78, 5) is 0. The van der Waals surface area contributed by atoms with Gasteiger partial charge >= 0.3 is 0 Å². The highest BCUT2D eigenvalue weighted by Gasteiger charge is 2.15. The number of nitrogens with zero attached hydrogens (tertiary/aromatic N) is 2. The number of hydrogen-bond acceptors (Lipinski definition) is 2. The van der Waals surface area contributed by atoms with Crippen LogP contribution < -0.4 is 0 Å². The van der Waals surface area contributed by atoms with Crippen molar-refractivity contribution in [3.8, 4) is 0 Å². The van der Waals surface area contributed by atoms with Gasteiger partial charge in [-0.25, -0.2) is 4.39 Å². The Balaban J connectivity index is 2.24. The van der Waals surface area contributed by atoms with Gasteiger partial charge in [0.25, 0.3) is 0 Å². The normalized spacial score (nSPS) is 12.7. The van der Waals surface area contributed by atoms with Gasteiger partial charge in [0.2, 0.25) is 0 Å². The second-order valence-electron chi connectivity index (χ2n) is 4.52. The van der Waals surface area contributed by atoms with Crippen molar-refractivity contribution >= 4 is 0 Å². The van der Waals surface area contributed by atoms with E-state index in [-0.39, 0.29) is 12.4 Å². The molecule has 4 heteroatoms. The lowest BCUT2D eigenvalue weighted by atomic mass is 10.1.